The lowest BCUT2D eigenvalue weighted by atomic mass is 9.82. The molecule has 34 heavy (non-hydrogen) atoms. The van der Waals surface area contributed by atoms with Crippen molar-refractivity contribution in [1.29, 1.82) is 0 Å². The molecule has 0 radical (unpaired) electrons. The van der Waals surface area contributed by atoms with E-state index in [1.54, 1.807) is 33.0 Å². The number of phenolic OH excluding ortho intramolecular Hbond substituents is 1. The number of phenols is 1. The van der Waals surface area contributed by atoms with Crippen molar-refractivity contribution in [3.63, 3.8) is 0 Å². The summed E-state index contributed by atoms with van der Waals surface area (Å²) in [5.74, 6) is 0.326. The van der Waals surface area contributed by atoms with E-state index in [0.717, 1.165) is 5.56 Å². The van der Waals surface area contributed by atoms with Crippen LogP contribution in [-0.2, 0) is 16.0 Å². The number of aromatic hydroxyl groups is 1. The highest BCUT2D eigenvalue weighted by atomic mass is 16.5. The van der Waals surface area contributed by atoms with Crippen molar-refractivity contribution in [1.82, 2.24) is 10.6 Å². The Morgan fingerprint density at radius 2 is 1.85 bits per heavy atom. The average Bonchev–Trinajstić information content (AvgIpc) is 2.79. The van der Waals surface area contributed by atoms with Crippen molar-refractivity contribution in [2.24, 2.45) is 28.9 Å². The largest absolute Gasteiger partial charge is 0.504 e. The van der Waals surface area contributed by atoms with E-state index in [1.807, 2.05) is 13.0 Å². The van der Waals surface area contributed by atoms with E-state index in [9.17, 15) is 19.8 Å². The number of carbonyl (C=O) groups is 2. The Kier molecular flexibility index (Phi) is 11.8. The molecule has 0 heterocycles. The summed E-state index contributed by atoms with van der Waals surface area (Å²) >= 11 is 0. The molecule has 1 aromatic rings. The van der Waals surface area contributed by atoms with E-state index in [2.05, 4.69) is 24.5 Å². The van der Waals surface area contributed by atoms with Crippen LogP contribution in [0.4, 0.5) is 0 Å². The van der Waals surface area contributed by atoms with Gasteiger partial charge in [0.15, 0.2) is 11.5 Å². The first kappa shape index (κ1) is 29.7. The van der Waals surface area contributed by atoms with E-state index in [4.69, 9.17) is 10.5 Å². The molecular weight excluding hydrogens is 434 g/mol. The molecule has 0 aliphatic heterocycles. The van der Waals surface area contributed by atoms with E-state index >= 15 is 0 Å². The maximum absolute atomic E-state index is 12.7. The standard InChI is InChI=1S/C26H45N3O5/c1-8-18(24(32)29-15-26(4,5)25(33)28-6)14-21(30)20(27)13-19(16(2)3)11-17-9-10-23(34-7)22(31)12-17/h9-10,12,16,18-21,30-31H,8,11,13-15,27H2,1-7H3,(H,28,33)(H,29,32). The predicted molar refractivity (Wildman–Crippen MR) is 135 cm³/mol. The van der Waals surface area contributed by atoms with Crippen LogP contribution in [0.5, 0.6) is 11.5 Å². The molecule has 6 N–H and O–H groups in total. The van der Waals surface area contributed by atoms with E-state index in [-0.39, 0.29) is 36.4 Å². The smallest absolute Gasteiger partial charge is 0.227 e. The minimum absolute atomic E-state index is 0.100. The third kappa shape index (κ3) is 8.80. The summed E-state index contributed by atoms with van der Waals surface area (Å²) in [6.07, 6.45) is 1.30. The topological polar surface area (TPSA) is 134 Å². The Balaban J connectivity index is 2.73. The highest BCUT2D eigenvalue weighted by Gasteiger charge is 2.30. The third-order valence-corrected chi connectivity index (χ3v) is 6.69. The fourth-order valence-corrected chi connectivity index (χ4v) is 4.06. The molecular formula is C26H45N3O5. The van der Waals surface area contributed by atoms with E-state index in [1.165, 1.54) is 7.11 Å². The van der Waals surface area contributed by atoms with Gasteiger partial charge < -0.3 is 31.3 Å². The van der Waals surface area contributed by atoms with Crippen LogP contribution in [0.1, 0.15) is 59.4 Å². The number of aliphatic hydroxyl groups is 1. The molecule has 2 amide bonds. The molecule has 4 unspecified atom stereocenters. The van der Waals surface area contributed by atoms with Gasteiger partial charge >= 0.3 is 0 Å². The zero-order chi connectivity index (χ0) is 26.1. The van der Waals surface area contributed by atoms with Gasteiger partial charge in [-0.25, -0.2) is 0 Å². The first-order chi connectivity index (χ1) is 15.9. The van der Waals surface area contributed by atoms with Gasteiger partial charge in [0.25, 0.3) is 0 Å². The van der Waals surface area contributed by atoms with Gasteiger partial charge in [-0.05, 0) is 69.1 Å². The lowest BCUT2D eigenvalue weighted by Crippen LogP contribution is -2.46. The second-order valence-electron chi connectivity index (χ2n) is 10.2. The third-order valence-electron chi connectivity index (χ3n) is 6.69. The number of hydrogen-bond donors (Lipinski definition) is 5. The number of nitrogens with two attached hydrogens (primary N) is 1. The number of methoxy groups -OCH3 is 1. The van der Waals surface area contributed by atoms with Crippen molar-refractivity contribution < 1.29 is 24.5 Å². The Morgan fingerprint density at radius 1 is 1.21 bits per heavy atom. The quantitative estimate of drug-likeness (QED) is 0.278. The number of nitrogens with one attached hydrogen (secondary N) is 2. The van der Waals surface area contributed by atoms with Crippen LogP contribution in [0, 0.1) is 23.2 Å². The van der Waals surface area contributed by atoms with Crippen molar-refractivity contribution in [2.75, 3.05) is 20.7 Å². The molecule has 0 saturated carbocycles. The number of aliphatic hydroxyl groups excluding tert-OH is 1. The van der Waals surface area contributed by atoms with Gasteiger partial charge in [0, 0.05) is 25.6 Å². The number of hydrogen-bond acceptors (Lipinski definition) is 6. The van der Waals surface area contributed by atoms with Crippen LogP contribution in [0.15, 0.2) is 18.2 Å². The van der Waals surface area contributed by atoms with E-state index in [0.29, 0.717) is 30.9 Å². The van der Waals surface area contributed by atoms with Crippen molar-refractivity contribution >= 4 is 11.8 Å². The molecule has 0 aromatic heterocycles. The van der Waals surface area contributed by atoms with Crippen molar-refractivity contribution in [3.8, 4) is 11.5 Å². The minimum atomic E-state index is -0.826. The maximum atomic E-state index is 12.7. The van der Waals surface area contributed by atoms with Gasteiger partial charge in [-0.3, -0.25) is 9.59 Å². The van der Waals surface area contributed by atoms with Gasteiger partial charge in [-0.2, -0.15) is 0 Å². The SMILES string of the molecule is CCC(CC(O)C(N)CC(Cc1ccc(OC)c(O)c1)C(C)C)C(=O)NCC(C)(C)C(=O)NC. The van der Waals surface area contributed by atoms with Crippen LogP contribution < -0.4 is 21.1 Å². The normalized spacial score (nSPS) is 15.4. The second-order valence-corrected chi connectivity index (χ2v) is 10.2. The highest BCUT2D eigenvalue weighted by Crippen LogP contribution is 2.30. The average molecular weight is 480 g/mol. The monoisotopic (exact) mass is 479 g/mol. The summed E-state index contributed by atoms with van der Waals surface area (Å²) in [6, 6.07) is 4.89. The first-order valence-electron chi connectivity index (χ1n) is 12.2. The number of ether oxygens (including phenoxy) is 1. The van der Waals surface area contributed by atoms with Crippen molar-refractivity contribution in [2.45, 2.75) is 72.4 Å². The van der Waals surface area contributed by atoms with Crippen LogP contribution in [0.25, 0.3) is 0 Å². The molecule has 8 nitrogen and oxygen atoms in total. The number of benzene rings is 1. The highest BCUT2D eigenvalue weighted by molar-refractivity contribution is 5.83. The maximum Gasteiger partial charge on any atom is 0.227 e. The van der Waals surface area contributed by atoms with Gasteiger partial charge in [0.05, 0.1) is 18.6 Å². The Bertz CT molecular complexity index is 797. The Morgan fingerprint density at radius 3 is 2.35 bits per heavy atom. The van der Waals surface area contributed by atoms with Crippen LogP contribution in [0.3, 0.4) is 0 Å². The molecule has 4 atom stereocenters. The summed E-state index contributed by atoms with van der Waals surface area (Å²) in [5.41, 5.74) is 6.64. The Labute approximate surface area is 204 Å². The fourth-order valence-electron chi connectivity index (χ4n) is 4.06. The molecule has 1 aromatic carbocycles. The summed E-state index contributed by atoms with van der Waals surface area (Å²) in [5, 5.41) is 26.3. The summed E-state index contributed by atoms with van der Waals surface area (Å²) in [4.78, 5) is 24.7. The van der Waals surface area contributed by atoms with Gasteiger partial charge in [0.2, 0.25) is 11.8 Å². The first-order valence-corrected chi connectivity index (χ1v) is 12.2. The summed E-state index contributed by atoms with van der Waals surface area (Å²) < 4.78 is 5.11. The number of rotatable bonds is 14. The van der Waals surface area contributed by atoms with E-state index < -0.39 is 23.5 Å². The van der Waals surface area contributed by atoms with Gasteiger partial charge in [-0.15, -0.1) is 0 Å². The Hall–Kier alpha value is -2.32. The predicted octanol–water partition coefficient (Wildman–Crippen LogP) is 2.60. The number of amides is 2. The molecule has 0 saturated heterocycles. The minimum Gasteiger partial charge on any atom is -0.504 e. The molecule has 0 spiro atoms. The molecule has 8 heteroatoms. The zero-order valence-corrected chi connectivity index (χ0v) is 21.9. The van der Waals surface area contributed by atoms with Crippen LogP contribution in [0.2, 0.25) is 0 Å². The molecule has 0 aliphatic carbocycles. The lowest BCUT2D eigenvalue weighted by molar-refractivity contribution is -0.130. The molecule has 1 rings (SSSR count). The van der Waals surface area contributed by atoms with Gasteiger partial charge in [-0.1, -0.05) is 26.8 Å². The van der Waals surface area contributed by atoms with Crippen LogP contribution in [-0.4, -0.2) is 54.9 Å². The summed E-state index contributed by atoms with van der Waals surface area (Å²) in [6.45, 7) is 9.89. The lowest BCUT2D eigenvalue weighted by Gasteiger charge is -2.29. The number of carbonyl (C=O) groups excluding carboxylic acids is 2. The molecule has 194 valence electrons. The van der Waals surface area contributed by atoms with Crippen molar-refractivity contribution in [3.05, 3.63) is 23.8 Å². The zero-order valence-electron chi connectivity index (χ0n) is 21.9. The molecule has 0 bridgehead atoms. The van der Waals surface area contributed by atoms with Gasteiger partial charge in [0.1, 0.15) is 0 Å². The molecule has 0 fully saturated rings. The fraction of sp³-hybridized carbons (Fsp3) is 0.692. The second kappa shape index (κ2) is 13.5. The molecule has 0 aliphatic rings. The summed E-state index contributed by atoms with van der Waals surface area (Å²) in [7, 11) is 3.08. The van der Waals surface area contributed by atoms with Crippen LogP contribution >= 0.6 is 0 Å².